The highest BCUT2D eigenvalue weighted by Gasteiger charge is 2.04. The lowest BCUT2D eigenvalue weighted by atomic mass is 10.1. The van der Waals surface area contributed by atoms with Gasteiger partial charge in [-0.1, -0.05) is 19.4 Å². The van der Waals surface area contributed by atoms with Gasteiger partial charge in [-0.05, 0) is 43.5 Å². The van der Waals surface area contributed by atoms with Crippen molar-refractivity contribution in [2.24, 2.45) is 0 Å². The van der Waals surface area contributed by atoms with E-state index in [0.29, 0.717) is 12.2 Å². The molecule has 0 N–H and O–H groups in total. The van der Waals surface area contributed by atoms with Crippen molar-refractivity contribution in [1.82, 2.24) is 0 Å². The molecule has 1 aromatic rings. The molecule has 0 aliphatic carbocycles. The monoisotopic (exact) mass is 206 g/mol. The Labute approximate surface area is 91.3 Å². The van der Waals surface area contributed by atoms with Gasteiger partial charge in [0.05, 0.1) is 0 Å². The number of benzene rings is 1. The zero-order chi connectivity index (χ0) is 11.3. The minimum atomic E-state index is -0.139. The molecule has 0 spiro atoms. The first-order valence-electron chi connectivity index (χ1n) is 5.41. The Balaban J connectivity index is 2.57. The molecule has 0 saturated heterocycles. The van der Waals surface area contributed by atoms with E-state index in [9.17, 15) is 4.79 Å². The van der Waals surface area contributed by atoms with E-state index in [2.05, 4.69) is 6.92 Å². The van der Waals surface area contributed by atoms with E-state index in [4.69, 9.17) is 4.74 Å². The Bertz CT molecular complexity index is 342. The van der Waals surface area contributed by atoms with Gasteiger partial charge in [0.15, 0.2) is 0 Å². The number of hydrogen-bond acceptors (Lipinski definition) is 2. The average molecular weight is 206 g/mol. The molecule has 0 aliphatic rings. The topological polar surface area (TPSA) is 26.3 Å². The van der Waals surface area contributed by atoms with Crippen LogP contribution in [0.25, 0.3) is 0 Å². The highest BCUT2D eigenvalue weighted by molar-refractivity contribution is 5.72. The molecule has 15 heavy (non-hydrogen) atoms. The van der Waals surface area contributed by atoms with Crippen molar-refractivity contribution in [2.45, 2.75) is 40.0 Å². The number of esters is 1. The Morgan fingerprint density at radius 2 is 2.00 bits per heavy atom. The number of ether oxygens (including phenoxy) is 1. The molecule has 0 heterocycles. The molecule has 0 unspecified atom stereocenters. The number of carbonyl (C=O) groups excluding carboxylic acids is 1. The van der Waals surface area contributed by atoms with Crippen LogP contribution in [0.15, 0.2) is 18.2 Å². The smallest absolute Gasteiger partial charge is 0.311 e. The molecular weight excluding hydrogens is 188 g/mol. The van der Waals surface area contributed by atoms with Crippen molar-refractivity contribution in [3.8, 4) is 5.75 Å². The van der Waals surface area contributed by atoms with E-state index in [1.807, 2.05) is 32.0 Å². The first-order chi connectivity index (χ1) is 7.13. The lowest BCUT2D eigenvalue weighted by Gasteiger charge is -2.06. The third-order valence-corrected chi connectivity index (χ3v) is 2.44. The summed E-state index contributed by atoms with van der Waals surface area (Å²) in [6.45, 7) is 6.11. The van der Waals surface area contributed by atoms with Crippen LogP contribution in [-0.4, -0.2) is 5.97 Å². The van der Waals surface area contributed by atoms with Crippen LogP contribution in [0, 0.1) is 13.8 Å². The molecule has 1 aromatic carbocycles. The first-order valence-corrected chi connectivity index (χ1v) is 5.41. The molecular formula is C13H18O2. The van der Waals surface area contributed by atoms with Gasteiger partial charge < -0.3 is 4.74 Å². The Kier molecular flexibility index (Phi) is 4.35. The molecule has 0 atom stereocenters. The summed E-state index contributed by atoms with van der Waals surface area (Å²) in [5.74, 6) is 0.513. The largest absolute Gasteiger partial charge is 0.427 e. The van der Waals surface area contributed by atoms with Crippen molar-refractivity contribution in [3.05, 3.63) is 29.3 Å². The molecule has 0 saturated carbocycles. The molecule has 82 valence electrons. The highest BCUT2D eigenvalue weighted by atomic mass is 16.5. The lowest BCUT2D eigenvalue weighted by Crippen LogP contribution is -2.07. The minimum absolute atomic E-state index is 0.139. The van der Waals surface area contributed by atoms with Crippen LogP contribution >= 0.6 is 0 Å². The number of carbonyl (C=O) groups is 1. The maximum absolute atomic E-state index is 11.3. The summed E-state index contributed by atoms with van der Waals surface area (Å²) in [5.41, 5.74) is 2.36. The van der Waals surface area contributed by atoms with E-state index in [1.54, 1.807) is 0 Å². The second-order valence-corrected chi connectivity index (χ2v) is 3.82. The summed E-state index contributed by atoms with van der Waals surface area (Å²) in [7, 11) is 0. The van der Waals surface area contributed by atoms with Gasteiger partial charge in [-0.15, -0.1) is 0 Å². The molecule has 0 bridgehead atoms. The van der Waals surface area contributed by atoms with Crippen molar-refractivity contribution >= 4 is 5.97 Å². The number of rotatable bonds is 4. The van der Waals surface area contributed by atoms with Crippen LogP contribution in [0.1, 0.15) is 37.3 Å². The summed E-state index contributed by atoms with van der Waals surface area (Å²) < 4.78 is 5.21. The second-order valence-electron chi connectivity index (χ2n) is 3.82. The second kappa shape index (κ2) is 5.54. The van der Waals surface area contributed by atoms with E-state index in [-0.39, 0.29) is 5.97 Å². The normalized spacial score (nSPS) is 10.1. The van der Waals surface area contributed by atoms with Crippen molar-refractivity contribution in [3.63, 3.8) is 0 Å². The molecule has 0 amide bonds. The average Bonchev–Trinajstić information content (AvgIpc) is 2.20. The van der Waals surface area contributed by atoms with Crippen LogP contribution in [0.4, 0.5) is 0 Å². The number of unbranched alkanes of at least 4 members (excludes halogenated alkanes) is 1. The molecule has 0 aromatic heterocycles. The summed E-state index contributed by atoms with van der Waals surface area (Å²) in [5, 5.41) is 0. The SMILES string of the molecule is CCCCC(=O)Oc1ccc(C)c(C)c1. The van der Waals surface area contributed by atoms with Gasteiger partial charge in [0, 0.05) is 6.42 Å². The van der Waals surface area contributed by atoms with Crippen molar-refractivity contribution < 1.29 is 9.53 Å². The van der Waals surface area contributed by atoms with Gasteiger partial charge in [0.2, 0.25) is 0 Å². The minimum Gasteiger partial charge on any atom is -0.427 e. The fourth-order valence-electron chi connectivity index (χ4n) is 1.28. The summed E-state index contributed by atoms with van der Waals surface area (Å²) in [6, 6.07) is 5.71. The Hall–Kier alpha value is -1.31. The van der Waals surface area contributed by atoms with E-state index in [0.717, 1.165) is 18.4 Å². The van der Waals surface area contributed by atoms with E-state index >= 15 is 0 Å². The molecule has 1 rings (SSSR count). The van der Waals surface area contributed by atoms with Gasteiger partial charge >= 0.3 is 5.97 Å². The van der Waals surface area contributed by atoms with Gasteiger partial charge in [0.1, 0.15) is 5.75 Å². The van der Waals surface area contributed by atoms with Crippen LogP contribution in [0.5, 0.6) is 5.75 Å². The predicted octanol–water partition coefficient (Wildman–Crippen LogP) is 3.40. The standard InChI is InChI=1S/C13H18O2/c1-4-5-6-13(14)15-12-8-7-10(2)11(3)9-12/h7-9H,4-6H2,1-3H3. The summed E-state index contributed by atoms with van der Waals surface area (Å²) in [6.07, 6.45) is 2.41. The third-order valence-electron chi connectivity index (χ3n) is 2.44. The van der Waals surface area contributed by atoms with Crippen LogP contribution < -0.4 is 4.74 Å². The van der Waals surface area contributed by atoms with Crippen LogP contribution in [0.2, 0.25) is 0 Å². The lowest BCUT2D eigenvalue weighted by molar-refractivity contribution is -0.134. The predicted molar refractivity (Wildman–Crippen MR) is 61.1 cm³/mol. The molecule has 2 nitrogen and oxygen atoms in total. The van der Waals surface area contributed by atoms with Gasteiger partial charge in [-0.25, -0.2) is 0 Å². The molecule has 0 radical (unpaired) electrons. The first kappa shape index (κ1) is 11.8. The highest BCUT2D eigenvalue weighted by Crippen LogP contribution is 2.17. The van der Waals surface area contributed by atoms with Gasteiger partial charge in [-0.3, -0.25) is 4.79 Å². The van der Waals surface area contributed by atoms with E-state index < -0.39 is 0 Å². The zero-order valence-electron chi connectivity index (χ0n) is 9.67. The Morgan fingerprint density at radius 1 is 1.27 bits per heavy atom. The fourth-order valence-corrected chi connectivity index (χ4v) is 1.28. The fraction of sp³-hybridized carbons (Fsp3) is 0.462. The quantitative estimate of drug-likeness (QED) is 0.557. The molecule has 2 heteroatoms. The maximum atomic E-state index is 11.3. The van der Waals surface area contributed by atoms with Gasteiger partial charge in [0.25, 0.3) is 0 Å². The van der Waals surface area contributed by atoms with Crippen LogP contribution in [0.3, 0.4) is 0 Å². The zero-order valence-corrected chi connectivity index (χ0v) is 9.67. The van der Waals surface area contributed by atoms with E-state index in [1.165, 1.54) is 5.56 Å². The maximum Gasteiger partial charge on any atom is 0.311 e. The number of aryl methyl sites for hydroxylation is 2. The number of hydrogen-bond donors (Lipinski definition) is 0. The summed E-state index contributed by atoms with van der Waals surface area (Å²) in [4.78, 5) is 11.3. The molecule has 0 aliphatic heterocycles. The Morgan fingerprint density at radius 3 is 2.60 bits per heavy atom. The summed E-state index contributed by atoms with van der Waals surface area (Å²) >= 11 is 0. The molecule has 0 fully saturated rings. The van der Waals surface area contributed by atoms with Crippen molar-refractivity contribution in [1.29, 1.82) is 0 Å². The van der Waals surface area contributed by atoms with Crippen LogP contribution in [-0.2, 0) is 4.79 Å². The third kappa shape index (κ3) is 3.74. The van der Waals surface area contributed by atoms with Crippen molar-refractivity contribution in [2.75, 3.05) is 0 Å². The van der Waals surface area contributed by atoms with Gasteiger partial charge in [-0.2, -0.15) is 0 Å².